The fraction of sp³-hybridized carbons (Fsp3) is 0.111. The highest BCUT2D eigenvalue weighted by molar-refractivity contribution is 6.17. The quantitative estimate of drug-likeness (QED) is 0.324. The number of ether oxygens (including phenoxy) is 1. The van der Waals surface area contributed by atoms with Crippen LogP contribution in [0, 0.1) is 0 Å². The van der Waals surface area contributed by atoms with Crippen LogP contribution in [0.1, 0.15) is 21.5 Å². The average molecular weight is 380 g/mol. The third-order valence-corrected chi connectivity index (χ3v) is 3.82. The summed E-state index contributed by atoms with van der Waals surface area (Å²) < 4.78 is 10.4. The van der Waals surface area contributed by atoms with Gasteiger partial charge in [0.05, 0.1) is 0 Å². The number of alkyl halides is 1. The second-order valence-electron chi connectivity index (χ2n) is 5.19. The van der Waals surface area contributed by atoms with Crippen molar-refractivity contribution in [3.8, 4) is 5.75 Å². The van der Waals surface area contributed by atoms with Crippen LogP contribution in [0.4, 0.5) is 0 Å². The SMILES string of the molecule is Cl.NCc1cccc(OC(=O)c2cc3cc(CCl)ccc3oc2=O)c1. The van der Waals surface area contributed by atoms with Crippen molar-refractivity contribution in [2.45, 2.75) is 12.4 Å². The Balaban J connectivity index is 0.00000225. The zero-order chi connectivity index (χ0) is 17.1. The van der Waals surface area contributed by atoms with Gasteiger partial charge in [-0.3, -0.25) is 0 Å². The van der Waals surface area contributed by atoms with Crippen LogP contribution < -0.4 is 16.1 Å². The summed E-state index contributed by atoms with van der Waals surface area (Å²) in [6, 6.07) is 13.4. The molecule has 0 amide bonds. The molecule has 0 fully saturated rings. The van der Waals surface area contributed by atoms with E-state index in [2.05, 4.69) is 0 Å². The molecule has 0 aliphatic rings. The summed E-state index contributed by atoms with van der Waals surface area (Å²) in [7, 11) is 0. The molecule has 0 atom stereocenters. The second kappa shape index (κ2) is 8.16. The van der Waals surface area contributed by atoms with Crippen molar-refractivity contribution in [1.82, 2.24) is 0 Å². The molecule has 0 spiro atoms. The fourth-order valence-electron chi connectivity index (χ4n) is 2.30. The largest absolute Gasteiger partial charge is 0.423 e. The Morgan fingerprint density at radius 2 is 1.92 bits per heavy atom. The number of benzene rings is 2. The van der Waals surface area contributed by atoms with E-state index in [1.807, 2.05) is 6.07 Å². The van der Waals surface area contributed by atoms with E-state index in [0.29, 0.717) is 29.1 Å². The zero-order valence-corrected chi connectivity index (χ0v) is 14.6. The summed E-state index contributed by atoms with van der Waals surface area (Å²) in [5.41, 5.74) is 6.69. The van der Waals surface area contributed by atoms with Gasteiger partial charge in [0, 0.05) is 17.8 Å². The molecule has 1 heterocycles. The predicted octanol–water partition coefficient (Wildman–Crippen LogP) is 3.63. The lowest BCUT2D eigenvalue weighted by Gasteiger charge is -2.06. The van der Waals surface area contributed by atoms with E-state index in [1.54, 1.807) is 36.4 Å². The van der Waals surface area contributed by atoms with Crippen LogP contribution in [-0.2, 0) is 12.4 Å². The van der Waals surface area contributed by atoms with Gasteiger partial charge in [0.25, 0.3) is 0 Å². The van der Waals surface area contributed by atoms with Gasteiger partial charge in [-0.2, -0.15) is 0 Å². The summed E-state index contributed by atoms with van der Waals surface area (Å²) >= 11 is 5.80. The average Bonchev–Trinajstić information content (AvgIpc) is 2.60. The molecule has 2 aromatic carbocycles. The van der Waals surface area contributed by atoms with Gasteiger partial charge in [-0.05, 0) is 41.5 Å². The van der Waals surface area contributed by atoms with E-state index in [4.69, 9.17) is 26.5 Å². The topological polar surface area (TPSA) is 82.5 Å². The van der Waals surface area contributed by atoms with Gasteiger partial charge in [-0.15, -0.1) is 24.0 Å². The lowest BCUT2D eigenvalue weighted by molar-refractivity contribution is 0.0730. The van der Waals surface area contributed by atoms with Crippen molar-refractivity contribution in [2.24, 2.45) is 5.73 Å². The molecule has 130 valence electrons. The minimum atomic E-state index is -0.781. The Morgan fingerprint density at radius 1 is 1.12 bits per heavy atom. The number of fused-ring (bicyclic) bond motifs is 1. The van der Waals surface area contributed by atoms with Gasteiger partial charge < -0.3 is 14.9 Å². The first-order chi connectivity index (χ1) is 11.6. The Morgan fingerprint density at radius 3 is 2.64 bits per heavy atom. The molecule has 0 radical (unpaired) electrons. The van der Waals surface area contributed by atoms with Crippen molar-refractivity contribution in [2.75, 3.05) is 0 Å². The summed E-state index contributed by atoms with van der Waals surface area (Å²) in [6.45, 7) is 0.324. The molecule has 5 nitrogen and oxygen atoms in total. The molecule has 0 unspecified atom stereocenters. The number of nitrogens with two attached hydrogens (primary N) is 1. The van der Waals surface area contributed by atoms with Crippen molar-refractivity contribution >= 4 is 40.9 Å². The molecule has 2 N–H and O–H groups in total. The van der Waals surface area contributed by atoms with E-state index in [-0.39, 0.29) is 18.0 Å². The first-order valence-corrected chi connectivity index (χ1v) is 7.78. The van der Waals surface area contributed by atoms with Crippen molar-refractivity contribution in [3.05, 3.63) is 75.6 Å². The van der Waals surface area contributed by atoms with Crippen molar-refractivity contribution in [1.29, 1.82) is 0 Å². The van der Waals surface area contributed by atoms with Crippen LogP contribution in [0.2, 0.25) is 0 Å². The summed E-state index contributed by atoms with van der Waals surface area (Å²) in [5.74, 6) is -0.145. The first kappa shape index (κ1) is 19.0. The molecule has 1 aromatic heterocycles. The Labute approximate surface area is 154 Å². The molecule has 0 aliphatic heterocycles. The molecular weight excluding hydrogens is 365 g/mol. The maximum Gasteiger partial charge on any atom is 0.351 e. The number of hydrogen-bond acceptors (Lipinski definition) is 5. The molecule has 3 aromatic rings. The van der Waals surface area contributed by atoms with Gasteiger partial charge in [0.2, 0.25) is 0 Å². The Hall–Kier alpha value is -2.34. The van der Waals surface area contributed by atoms with Crippen molar-refractivity contribution in [3.63, 3.8) is 0 Å². The van der Waals surface area contributed by atoms with E-state index in [1.165, 1.54) is 6.07 Å². The van der Waals surface area contributed by atoms with Crippen LogP contribution in [0.3, 0.4) is 0 Å². The molecule has 25 heavy (non-hydrogen) atoms. The summed E-state index contributed by atoms with van der Waals surface area (Å²) in [6.07, 6.45) is 0. The minimum absolute atomic E-state index is 0. The highest BCUT2D eigenvalue weighted by Gasteiger charge is 2.16. The maximum absolute atomic E-state index is 12.3. The Bertz CT molecular complexity index is 969. The van der Waals surface area contributed by atoms with E-state index >= 15 is 0 Å². The zero-order valence-electron chi connectivity index (χ0n) is 13.0. The standard InChI is InChI=1S/C18H14ClNO4.ClH/c19-9-11-4-5-16-13(6-11)8-15(18(22)24-16)17(21)23-14-3-1-2-12(7-14)10-20;/h1-8H,9-10,20H2;1H. The second-order valence-corrected chi connectivity index (χ2v) is 5.46. The minimum Gasteiger partial charge on any atom is -0.423 e. The van der Waals surface area contributed by atoms with Crippen LogP contribution in [0.5, 0.6) is 5.75 Å². The molecule has 0 saturated carbocycles. The smallest absolute Gasteiger partial charge is 0.351 e. The first-order valence-electron chi connectivity index (χ1n) is 7.24. The van der Waals surface area contributed by atoms with Gasteiger partial charge >= 0.3 is 11.6 Å². The monoisotopic (exact) mass is 379 g/mol. The fourth-order valence-corrected chi connectivity index (χ4v) is 2.46. The third-order valence-electron chi connectivity index (χ3n) is 3.52. The number of esters is 1. The predicted molar refractivity (Wildman–Crippen MR) is 98.6 cm³/mol. The Kier molecular flexibility index (Phi) is 6.20. The van der Waals surface area contributed by atoms with Crippen LogP contribution >= 0.6 is 24.0 Å². The number of carbonyl (C=O) groups is 1. The lowest BCUT2D eigenvalue weighted by atomic mass is 10.1. The van der Waals surface area contributed by atoms with Gasteiger partial charge in [-0.25, -0.2) is 9.59 Å². The van der Waals surface area contributed by atoms with Crippen LogP contribution in [0.25, 0.3) is 11.0 Å². The van der Waals surface area contributed by atoms with Crippen LogP contribution in [0.15, 0.2) is 57.7 Å². The maximum atomic E-state index is 12.3. The van der Waals surface area contributed by atoms with E-state index in [9.17, 15) is 9.59 Å². The lowest BCUT2D eigenvalue weighted by Crippen LogP contribution is -2.18. The molecule has 3 rings (SSSR count). The molecule has 7 heteroatoms. The highest BCUT2D eigenvalue weighted by atomic mass is 35.5. The van der Waals surface area contributed by atoms with E-state index in [0.717, 1.165) is 11.1 Å². The van der Waals surface area contributed by atoms with Gasteiger partial charge in [0.15, 0.2) is 0 Å². The van der Waals surface area contributed by atoms with E-state index < -0.39 is 11.6 Å². The molecular formula is C18H15Cl2NO4. The number of halogens is 2. The normalized spacial score (nSPS) is 10.3. The molecule has 0 aliphatic carbocycles. The van der Waals surface area contributed by atoms with Crippen molar-refractivity contribution < 1.29 is 13.9 Å². The summed E-state index contributed by atoms with van der Waals surface area (Å²) in [5, 5.41) is 0.607. The number of rotatable bonds is 4. The summed E-state index contributed by atoms with van der Waals surface area (Å²) in [4.78, 5) is 24.3. The van der Waals surface area contributed by atoms with Crippen LogP contribution in [-0.4, -0.2) is 5.97 Å². The number of hydrogen-bond donors (Lipinski definition) is 1. The van der Waals surface area contributed by atoms with Gasteiger partial charge in [-0.1, -0.05) is 18.2 Å². The van der Waals surface area contributed by atoms with Gasteiger partial charge in [0.1, 0.15) is 16.9 Å². The molecule has 0 saturated heterocycles. The number of carbonyl (C=O) groups excluding carboxylic acids is 1. The third kappa shape index (κ3) is 4.20. The molecule has 0 bridgehead atoms. The highest BCUT2D eigenvalue weighted by Crippen LogP contribution is 2.19.